The molecule has 1 unspecified atom stereocenters. The van der Waals surface area contributed by atoms with E-state index in [1.165, 1.54) is 0 Å². The van der Waals surface area contributed by atoms with Crippen LogP contribution in [-0.2, 0) is 0 Å². The van der Waals surface area contributed by atoms with E-state index in [1.807, 2.05) is 17.5 Å². The minimum absolute atomic E-state index is 0.183. The number of halogens is 2. The van der Waals surface area contributed by atoms with E-state index in [-0.39, 0.29) is 18.2 Å². The Bertz CT molecular complexity index is 754. The van der Waals surface area contributed by atoms with Crippen molar-refractivity contribution in [3.8, 4) is 0 Å². The Hall–Kier alpha value is -2.54. The zero-order valence-electron chi connectivity index (χ0n) is 11.9. The van der Waals surface area contributed by atoms with Crippen LogP contribution in [0.2, 0.25) is 0 Å². The molecule has 0 aliphatic rings. The summed E-state index contributed by atoms with van der Waals surface area (Å²) in [5.41, 5.74) is -0.184. The third-order valence-corrected chi connectivity index (χ3v) is 4.32. The number of aromatic nitrogens is 2. The molecule has 0 aliphatic carbocycles. The lowest BCUT2D eigenvalue weighted by molar-refractivity contribution is 0.0945. The number of amides is 1. The van der Waals surface area contributed by atoms with Gasteiger partial charge < -0.3 is 5.32 Å². The minimum Gasteiger partial charge on any atom is -0.349 e. The highest BCUT2D eigenvalue weighted by Gasteiger charge is 2.18. The van der Waals surface area contributed by atoms with Crippen LogP contribution in [0.3, 0.4) is 0 Å². The second-order valence-corrected chi connectivity index (χ2v) is 5.83. The Kier molecular flexibility index (Phi) is 4.47. The average Bonchev–Trinajstić information content (AvgIpc) is 3.21. The van der Waals surface area contributed by atoms with Crippen LogP contribution in [0.15, 0.2) is 54.2 Å². The number of hydrogen-bond donors (Lipinski definition) is 1. The molecule has 7 heteroatoms. The van der Waals surface area contributed by atoms with Crippen molar-refractivity contribution in [1.82, 2.24) is 15.1 Å². The van der Waals surface area contributed by atoms with Crippen LogP contribution in [0.25, 0.3) is 0 Å². The normalized spacial score (nSPS) is 12.1. The third kappa shape index (κ3) is 3.45. The standard InChI is InChI=1S/C16H13F2N3OS/c17-11-4-5-12(13(18)9-11)16(22)19-10-14(15-3-1-8-23-15)21-7-2-6-20-21/h1-9,14H,10H2,(H,19,22). The fraction of sp³-hybridized carbons (Fsp3) is 0.125. The van der Waals surface area contributed by atoms with Gasteiger partial charge in [0.25, 0.3) is 5.91 Å². The van der Waals surface area contributed by atoms with Crippen molar-refractivity contribution in [1.29, 1.82) is 0 Å². The summed E-state index contributed by atoms with van der Waals surface area (Å²) in [5.74, 6) is -2.18. The lowest BCUT2D eigenvalue weighted by atomic mass is 10.2. The molecule has 0 spiro atoms. The molecule has 23 heavy (non-hydrogen) atoms. The van der Waals surface area contributed by atoms with Gasteiger partial charge in [0.15, 0.2) is 0 Å². The van der Waals surface area contributed by atoms with Gasteiger partial charge in [-0.2, -0.15) is 5.10 Å². The van der Waals surface area contributed by atoms with Crippen molar-refractivity contribution in [3.05, 3.63) is 76.2 Å². The van der Waals surface area contributed by atoms with E-state index in [9.17, 15) is 13.6 Å². The molecule has 2 aromatic heterocycles. The van der Waals surface area contributed by atoms with E-state index in [4.69, 9.17) is 0 Å². The van der Waals surface area contributed by atoms with Crippen molar-refractivity contribution >= 4 is 17.2 Å². The molecule has 1 amide bonds. The van der Waals surface area contributed by atoms with Crippen LogP contribution >= 0.6 is 11.3 Å². The quantitative estimate of drug-likeness (QED) is 0.779. The maximum atomic E-state index is 13.7. The van der Waals surface area contributed by atoms with Crippen molar-refractivity contribution < 1.29 is 13.6 Å². The zero-order valence-corrected chi connectivity index (χ0v) is 12.8. The first-order valence-corrected chi connectivity index (χ1v) is 7.79. The smallest absolute Gasteiger partial charge is 0.254 e. The van der Waals surface area contributed by atoms with E-state index < -0.39 is 17.5 Å². The number of nitrogens with zero attached hydrogens (tertiary/aromatic N) is 2. The van der Waals surface area contributed by atoms with Gasteiger partial charge in [-0.15, -0.1) is 11.3 Å². The van der Waals surface area contributed by atoms with Crippen LogP contribution in [0.1, 0.15) is 21.3 Å². The summed E-state index contributed by atoms with van der Waals surface area (Å²) in [5, 5.41) is 8.82. The van der Waals surface area contributed by atoms with Gasteiger partial charge in [-0.25, -0.2) is 8.78 Å². The molecule has 0 fully saturated rings. The number of carbonyl (C=O) groups is 1. The van der Waals surface area contributed by atoms with Crippen LogP contribution in [0.4, 0.5) is 8.78 Å². The predicted octanol–water partition coefficient (Wildman–Crippen LogP) is 3.24. The van der Waals surface area contributed by atoms with Gasteiger partial charge in [0.1, 0.15) is 17.7 Å². The van der Waals surface area contributed by atoms with Gasteiger partial charge in [-0.05, 0) is 29.6 Å². The molecule has 2 heterocycles. The average molecular weight is 333 g/mol. The molecule has 118 valence electrons. The second-order valence-electron chi connectivity index (χ2n) is 4.85. The predicted molar refractivity (Wildman–Crippen MR) is 83.4 cm³/mol. The minimum atomic E-state index is -0.880. The summed E-state index contributed by atoms with van der Waals surface area (Å²) < 4.78 is 28.3. The van der Waals surface area contributed by atoms with Crippen LogP contribution < -0.4 is 5.32 Å². The van der Waals surface area contributed by atoms with Gasteiger partial charge in [-0.1, -0.05) is 6.07 Å². The second kappa shape index (κ2) is 6.70. The van der Waals surface area contributed by atoms with E-state index >= 15 is 0 Å². The Morgan fingerprint density at radius 3 is 2.83 bits per heavy atom. The Balaban J connectivity index is 1.75. The van der Waals surface area contributed by atoms with E-state index in [1.54, 1.807) is 34.5 Å². The molecule has 0 radical (unpaired) electrons. The summed E-state index contributed by atoms with van der Waals surface area (Å²) in [6, 6.07) is 8.36. The highest BCUT2D eigenvalue weighted by atomic mass is 32.1. The topological polar surface area (TPSA) is 46.9 Å². The summed E-state index contributed by atoms with van der Waals surface area (Å²) in [6.07, 6.45) is 3.46. The van der Waals surface area contributed by atoms with Crippen LogP contribution in [-0.4, -0.2) is 22.2 Å². The fourth-order valence-corrected chi connectivity index (χ4v) is 3.05. The molecule has 0 aliphatic heterocycles. The summed E-state index contributed by atoms with van der Waals surface area (Å²) >= 11 is 1.55. The van der Waals surface area contributed by atoms with Crippen molar-refractivity contribution in [2.24, 2.45) is 0 Å². The van der Waals surface area contributed by atoms with Gasteiger partial charge in [0, 0.05) is 29.9 Å². The lowest BCUT2D eigenvalue weighted by Gasteiger charge is -2.17. The number of hydrogen-bond acceptors (Lipinski definition) is 3. The number of rotatable bonds is 5. The first kappa shape index (κ1) is 15.4. The van der Waals surface area contributed by atoms with Gasteiger partial charge in [0.05, 0.1) is 5.56 Å². The van der Waals surface area contributed by atoms with Gasteiger partial charge in [-0.3, -0.25) is 9.48 Å². The van der Waals surface area contributed by atoms with Gasteiger partial charge >= 0.3 is 0 Å². The summed E-state index contributed by atoms with van der Waals surface area (Å²) in [6.45, 7) is 0.248. The van der Waals surface area contributed by atoms with Crippen LogP contribution in [0.5, 0.6) is 0 Å². The highest BCUT2D eigenvalue weighted by molar-refractivity contribution is 7.10. The summed E-state index contributed by atoms with van der Waals surface area (Å²) in [7, 11) is 0. The summed E-state index contributed by atoms with van der Waals surface area (Å²) in [4.78, 5) is 13.1. The maximum absolute atomic E-state index is 13.7. The number of benzene rings is 1. The number of thiophene rings is 1. The van der Waals surface area contributed by atoms with Crippen LogP contribution in [0, 0.1) is 11.6 Å². The molecule has 1 atom stereocenters. The molecular weight excluding hydrogens is 320 g/mol. The molecule has 3 rings (SSSR count). The molecule has 1 aromatic carbocycles. The SMILES string of the molecule is O=C(NCC(c1cccs1)n1cccn1)c1ccc(F)cc1F. The first-order chi connectivity index (χ1) is 11.1. The third-order valence-electron chi connectivity index (χ3n) is 3.35. The Morgan fingerprint density at radius 1 is 1.30 bits per heavy atom. The number of nitrogens with one attached hydrogen (secondary N) is 1. The molecular formula is C16H13F2N3OS. The molecule has 0 bridgehead atoms. The first-order valence-electron chi connectivity index (χ1n) is 6.91. The molecule has 1 N–H and O–H groups in total. The molecule has 4 nitrogen and oxygen atoms in total. The largest absolute Gasteiger partial charge is 0.349 e. The highest BCUT2D eigenvalue weighted by Crippen LogP contribution is 2.22. The molecule has 3 aromatic rings. The molecule has 0 saturated heterocycles. The maximum Gasteiger partial charge on any atom is 0.254 e. The lowest BCUT2D eigenvalue weighted by Crippen LogP contribution is -2.31. The monoisotopic (exact) mass is 333 g/mol. The Morgan fingerprint density at radius 2 is 2.17 bits per heavy atom. The van der Waals surface area contributed by atoms with Crippen molar-refractivity contribution in [2.75, 3.05) is 6.54 Å². The van der Waals surface area contributed by atoms with Gasteiger partial charge in [0.2, 0.25) is 0 Å². The van der Waals surface area contributed by atoms with E-state index in [0.29, 0.717) is 6.07 Å². The fourth-order valence-electron chi connectivity index (χ4n) is 2.23. The van der Waals surface area contributed by atoms with Crippen molar-refractivity contribution in [3.63, 3.8) is 0 Å². The van der Waals surface area contributed by atoms with E-state index in [2.05, 4.69) is 10.4 Å². The van der Waals surface area contributed by atoms with Crippen molar-refractivity contribution in [2.45, 2.75) is 6.04 Å². The van der Waals surface area contributed by atoms with E-state index in [0.717, 1.165) is 17.0 Å². The Labute approximate surface area is 135 Å². The molecule has 0 saturated carbocycles. The zero-order chi connectivity index (χ0) is 16.2. The number of carbonyl (C=O) groups excluding carboxylic acids is 1.